The molecule has 0 aliphatic rings. The molecule has 0 saturated carbocycles. The highest BCUT2D eigenvalue weighted by molar-refractivity contribution is 6.06. The maximum Gasteiger partial charge on any atom is 0.269 e. The van der Waals surface area contributed by atoms with Crippen molar-refractivity contribution in [2.45, 2.75) is 19.8 Å². The van der Waals surface area contributed by atoms with Gasteiger partial charge in [0.2, 0.25) is 0 Å². The molecule has 1 aromatic heterocycles. The van der Waals surface area contributed by atoms with Crippen LogP contribution in [0.15, 0.2) is 72.9 Å². The van der Waals surface area contributed by atoms with Gasteiger partial charge in [0.1, 0.15) is 0 Å². The molecule has 0 saturated heterocycles. The first kappa shape index (κ1) is 18.3. The number of aromatic nitrogens is 1. The van der Waals surface area contributed by atoms with Gasteiger partial charge in [-0.2, -0.15) is 0 Å². The number of carbonyl (C=O) groups is 1. The maximum absolute atomic E-state index is 12.4. The molecule has 3 aromatic rings. The molecule has 0 spiro atoms. The van der Waals surface area contributed by atoms with Crippen LogP contribution in [-0.2, 0) is 0 Å². The fourth-order valence-electron chi connectivity index (χ4n) is 2.79. The molecule has 0 radical (unpaired) electrons. The molecular formula is C22H20N2O3. The lowest BCUT2D eigenvalue weighted by atomic mass is 10.0. The highest BCUT2D eigenvalue weighted by Gasteiger charge is 2.07. The van der Waals surface area contributed by atoms with Gasteiger partial charge in [-0.15, -0.1) is 0 Å². The van der Waals surface area contributed by atoms with Crippen molar-refractivity contribution in [3.05, 3.63) is 99.9 Å². The number of carbonyl (C=O) groups excluding carboxylic acids is 1. The molecule has 2 aromatic carbocycles. The van der Waals surface area contributed by atoms with Gasteiger partial charge in [0.05, 0.1) is 4.92 Å². The first-order chi connectivity index (χ1) is 13.0. The number of hydrogen-bond acceptors (Lipinski definition) is 3. The molecule has 0 fully saturated rings. The number of hydrogen-bond donors (Lipinski definition) is 0. The lowest BCUT2D eigenvalue weighted by Crippen LogP contribution is -1.98. The number of rotatable bonds is 6. The molecule has 27 heavy (non-hydrogen) atoms. The van der Waals surface area contributed by atoms with E-state index in [2.05, 4.69) is 13.8 Å². The minimum Gasteiger partial charge on any atom is -0.317 e. The van der Waals surface area contributed by atoms with Crippen molar-refractivity contribution in [3.63, 3.8) is 0 Å². The molecule has 5 nitrogen and oxygen atoms in total. The van der Waals surface area contributed by atoms with Crippen molar-refractivity contribution < 1.29 is 9.72 Å². The van der Waals surface area contributed by atoms with Gasteiger partial charge in [0.25, 0.3) is 5.69 Å². The Labute approximate surface area is 157 Å². The predicted octanol–water partition coefficient (Wildman–Crippen LogP) is 5.41. The predicted molar refractivity (Wildman–Crippen MR) is 106 cm³/mol. The average molecular weight is 360 g/mol. The van der Waals surface area contributed by atoms with Gasteiger partial charge in [0.15, 0.2) is 5.78 Å². The van der Waals surface area contributed by atoms with Crippen LogP contribution in [0.4, 0.5) is 5.69 Å². The standard InChI is InChI=1S/C22H20N2O3/c1-16(2)17-5-7-18(8-6-17)22(25)14-13-19-4-3-15-23(19)20-9-11-21(12-10-20)24(26)27/h3-16H,1-2H3/b14-13+. The minimum atomic E-state index is -0.427. The number of non-ortho nitro benzene ring substituents is 1. The Hall–Kier alpha value is -3.47. The number of nitrogens with zero attached hydrogens (tertiary/aromatic N) is 2. The molecule has 1 heterocycles. The van der Waals surface area contributed by atoms with E-state index in [4.69, 9.17) is 0 Å². The van der Waals surface area contributed by atoms with Gasteiger partial charge in [-0.25, -0.2) is 0 Å². The van der Waals surface area contributed by atoms with E-state index in [1.165, 1.54) is 17.7 Å². The van der Waals surface area contributed by atoms with E-state index < -0.39 is 4.92 Å². The van der Waals surface area contributed by atoms with Gasteiger partial charge in [-0.3, -0.25) is 14.9 Å². The van der Waals surface area contributed by atoms with Crippen LogP contribution < -0.4 is 0 Å². The molecule has 0 amide bonds. The van der Waals surface area contributed by atoms with Crippen molar-refractivity contribution in [2.75, 3.05) is 0 Å². The minimum absolute atomic E-state index is 0.0445. The molecule has 0 N–H and O–H groups in total. The summed E-state index contributed by atoms with van der Waals surface area (Å²) in [6, 6.07) is 17.7. The molecule has 0 bridgehead atoms. The topological polar surface area (TPSA) is 65.1 Å². The van der Waals surface area contributed by atoms with Gasteiger partial charge in [0, 0.05) is 35.3 Å². The third-order valence-corrected chi connectivity index (χ3v) is 4.39. The van der Waals surface area contributed by atoms with Gasteiger partial charge < -0.3 is 4.57 Å². The second-order valence-corrected chi connectivity index (χ2v) is 6.55. The number of nitro groups is 1. The quantitative estimate of drug-likeness (QED) is 0.256. The molecule has 136 valence electrons. The normalized spacial score (nSPS) is 11.2. The highest BCUT2D eigenvalue weighted by Crippen LogP contribution is 2.19. The van der Waals surface area contributed by atoms with Crippen LogP contribution in [0.5, 0.6) is 0 Å². The number of ketones is 1. The Bertz CT molecular complexity index is 981. The fraction of sp³-hybridized carbons (Fsp3) is 0.136. The SMILES string of the molecule is CC(C)c1ccc(C(=O)/C=C/c2cccn2-c2ccc([N+](=O)[O-])cc2)cc1. The molecule has 0 aliphatic heterocycles. The largest absolute Gasteiger partial charge is 0.317 e. The van der Waals surface area contributed by atoms with Crippen LogP contribution in [-0.4, -0.2) is 15.3 Å². The summed E-state index contributed by atoms with van der Waals surface area (Å²) in [6.45, 7) is 4.23. The maximum atomic E-state index is 12.4. The molecular weight excluding hydrogens is 340 g/mol. The summed E-state index contributed by atoms with van der Waals surface area (Å²) in [5.41, 5.74) is 3.49. The van der Waals surface area contributed by atoms with Crippen LogP contribution in [0, 0.1) is 10.1 Å². The fourth-order valence-corrected chi connectivity index (χ4v) is 2.79. The second-order valence-electron chi connectivity index (χ2n) is 6.55. The third-order valence-electron chi connectivity index (χ3n) is 4.39. The zero-order chi connectivity index (χ0) is 19.4. The highest BCUT2D eigenvalue weighted by atomic mass is 16.6. The van der Waals surface area contributed by atoms with E-state index in [-0.39, 0.29) is 11.5 Å². The Morgan fingerprint density at radius 3 is 2.30 bits per heavy atom. The van der Waals surface area contributed by atoms with Crippen molar-refractivity contribution in [3.8, 4) is 5.69 Å². The second kappa shape index (κ2) is 7.83. The van der Waals surface area contributed by atoms with E-state index in [9.17, 15) is 14.9 Å². The summed E-state index contributed by atoms with van der Waals surface area (Å²) in [7, 11) is 0. The summed E-state index contributed by atoms with van der Waals surface area (Å²) in [5, 5.41) is 10.8. The van der Waals surface area contributed by atoms with E-state index in [0.29, 0.717) is 11.5 Å². The number of nitro benzene ring substituents is 1. The monoisotopic (exact) mass is 360 g/mol. The molecule has 0 unspecified atom stereocenters. The van der Waals surface area contributed by atoms with Crippen LogP contribution in [0.3, 0.4) is 0 Å². The van der Waals surface area contributed by atoms with Crippen LogP contribution in [0.2, 0.25) is 0 Å². The Morgan fingerprint density at radius 1 is 1.04 bits per heavy atom. The van der Waals surface area contributed by atoms with Crippen LogP contribution in [0.25, 0.3) is 11.8 Å². The van der Waals surface area contributed by atoms with E-state index in [1.807, 2.05) is 47.2 Å². The summed E-state index contributed by atoms with van der Waals surface area (Å²) >= 11 is 0. The first-order valence-corrected chi connectivity index (χ1v) is 8.70. The smallest absolute Gasteiger partial charge is 0.269 e. The van der Waals surface area contributed by atoms with E-state index in [1.54, 1.807) is 24.3 Å². The zero-order valence-electron chi connectivity index (χ0n) is 15.2. The first-order valence-electron chi connectivity index (χ1n) is 8.70. The average Bonchev–Trinajstić information content (AvgIpc) is 3.14. The van der Waals surface area contributed by atoms with Gasteiger partial charge >= 0.3 is 0 Å². The lowest BCUT2D eigenvalue weighted by molar-refractivity contribution is -0.384. The zero-order valence-corrected chi connectivity index (χ0v) is 15.2. The van der Waals surface area contributed by atoms with Crippen LogP contribution >= 0.6 is 0 Å². The molecule has 0 atom stereocenters. The van der Waals surface area contributed by atoms with Crippen molar-refractivity contribution in [1.29, 1.82) is 0 Å². The summed E-state index contributed by atoms with van der Waals surface area (Å²) in [6.07, 6.45) is 5.14. The van der Waals surface area contributed by atoms with Crippen molar-refractivity contribution >= 4 is 17.5 Å². The van der Waals surface area contributed by atoms with Gasteiger partial charge in [-0.05, 0) is 47.9 Å². The summed E-state index contributed by atoms with van der Waals surface area (Å²) in [4.78, 5) is 22.8. The number of allylic oxidation sites excluding steroid dienone is 1. The Balaban J connectivity index is 1.79. The summed E-state index contributed by atoms with van der Waals surface area (Å²) < 4.78 is 1.87. The van der Waals surface area contributed by atoms with Crippen molar-refractivity contribution in [1.82, 2.24) is 4.57 Å². The number of benzene rings is 2. The Kier molecular flexibility index (Phi) is 5.31. The Morgan fingerprint density at radius 2 is 1.70 bits per heavy atom. The van der Waals surface area contributed by atoms with Crippen molar-refractivity contribution in [2.24, 2.45) is 0 Å². The van der Waals surface area contributed by atoms with Gasteiger partial charge in [-0.1, -0.05) is 38.1 Å². The van der Waals surface area contributed by atoms with E-state index >= 15 is 0 Å². The van der Waals surface area contributed by atoms with Crippen LogP contribution in [0.1, 0.15) is 41.4 Å². The lowest BCUT2D eigenvalue weighted by Gasteiger charge is -2.06. The van der Waals surface area contributed by atoms with E-state index in [0.717, 1.165) is 11.4 Å². The summed E-state index contributed by atoms with van der Waals surface area (Å²) in [5.74, 6) is 0.358. The molecule has 5 heteroatoms. The molecule has 0 aliphatic carbocycles. The third kappa shape index (κ3) is 4.20. The molecule has 3 rings (SSSR count).